The minimum atomic E-state index is -0.0918. The Morgan fingerprint density at radius 1 is 0.647 bits per heavy atom. The van der Waals surface area contributed by atoms with Gasteiger partial charge in [-0.1, -0.05) is 130 Å². The zero-order chi connectivity index (χ0) is 24.0. The highest BCUT2D eigenvalue weighted by Crippen LogP contribution is 2.41. The summed E-state index contributed by atoms with van der Waals surface area (Å²) in [6.45, 7) is 6.92. The summed E-state index contributed by atoms with van der Waals surface area (Å²) in [7, 11) is 0. The number of nitrogens with zero attached hydrogens (tertiary/aromatic N) is 1. The van der Waals surface area contributed by atoms with Crippen LogP contribution in [-0.4, -0.2) is 11.0 Å². The average Bonchev–Trinajstić information content (AvgIpc) is 2.87. The van der Waals surface area contributed by atoms with Gasteiger partial charge in [0.2, 0.25) is 0 Å². The lowest BCUT2D eigenvalue weighted by Crippen LogP contribution is -2.51. The zero-order valence-electron chi connectivity index (χ0n) is 20.1. The second-order valence-electron chi connectivity index (χ2n) is 9.58. The van der Waals surface area contributed by atoms with Crippen molar-refractivity contribution in [1.29, 1.82) is 0 Å². The van der Waals surface area contributed by atoms with Crippen LogP contribution in [0.1, 0.15) is 37.9 Å². The van der Waals surface area contributed by atoms with Crippen molar-refractivity contribution in [3.8, 4) is 0 Å². The van der Waals surface area contributed by atoms with Crippen molar-refractivity contribution >= 4 is 28.6 Å². The fraction of sp³-hybridized carbons (Fsp3) is 0.194. The Kier molecular flexibility index (Phi) is 7.44. The average molecular weight is 465 g/mol. The highest BCUT2D eigenvalue weighted by Gasteiger charge is 2.39. The summed E-state index contributed by atoms with van der Waals surface area (Å²) >= 11 is 5.93. The van der Waals surface area contributed by atoms with Gasteiger partial charge >= 0.3 is 0 Å². The van der Waals surface area contributed by atoms with E-state index in [2.05, 4.69) is 134 Å². The highest BCUT2D eigenvalue weighted by molar-refractivity contribution is 7.80. The van der Waals surface area contributed by atoms with E-state index in [1.807, 2.05) is 18.2 Å². The minimum absolute atomic E-state index is 0.0469. The lowest BCUT2D eigenvalue weighted by Gasteiger charge is -2.46. The summed E-state index contributed by atoms with van der Waals surface area (Å²) in [5.41, 5.74) is 4.45. The maximum absolute atomic E-state index is 5.93. The summed E-state index contributed by atoms with van der Waals surface area (Å²) in [4.78, 5) is 3.21. The van der Waals surface area contributed by atoms with E-state index >= 15 is 0 Å². The Balaban J connectivity index is 1.87. The molecule has 0 saturated carbocycles. The minimum Gasteiger partial charge on any atom is -0.367 e. The fourth-order valence-corrected chi connectivity index (χ4v) is 4.77. The van der Waals surface area contributed by atoms with Gasteiger partial charge in [0.1, 0.15) is 4.99 Å². The predicted octanol–water partition coefficient (Wildman–Crippen LogP) is 7.95. The molecule has 0 bridgehead atoms. The van der Waals surface area contributed by atoms with E-state index in [1.54, 1.807) is 0 Å². The van der Waals surface area contributed by atoms with E-state index in [4.69, 9.17) is 12.2 Å². The van der Waals surface area contributed by atoms with Gasteiger partial charge in [0.15, 0.2) is 0 Å². The third-order valence-corrected chi connectivity index (χ3v) is 6.38. The van der Waals surface area contributed by atoms with Crippen molar-refractivity contribution in [2.45, 2.75) is 32.9 Å². The largest absolute Gasteiger partial charge is 0.367 e. The maximum Gasteiger partial charge on any atom is 0.107 e. The normalized spacial score (nSPS) is 13.0. The van der Waals surface area contributed by atoms with Crippen molar-refractivity contribution < 1.29 is 0 Å². The van der Waals surface area contributed by atoms with Gasteiger partial charge in [-0.05, 0) is 35.2 Å². The first-order valence-electron chi connectivity index (χ1n) is 11.8. The van der Waals surface area contributed by atoms with Crippen molar-refractivity contribution in [1.82, 2.24) is 5.32 Å². The van der Waals surface area contributed by atoms with Crippen molar-refractivity contribution in [2.75, 3.05) is 4.90 Å². The molecule has 3 heteroatoms. The number of thiocarbonyl (C=S) groups is 1. The maximum atomic E-state index is 5.93. The third-order valence-electron chi connectivity index (χ3n) is 6.03. The van der Waals surface area contributed by atoms with E-state index < -0.39 is 0 Å². The molecular formula is C31H32N2S. The molecule has 0 spiro atoms. The molecule has 4 rings (SSSR count). The second kappa shape index (κ2) is 10.7. The molecule has 0 heterocycles. The van der Waals surface area contributed by atoms with Gasteiger partial charge in [-0.3, -0.25) is 0 Å². The molecule has 0 aliphatic heterocycles. The van der Waals surface area contributed by atoms with Crippen LogP contribution in [0.15, 0.2) is 121 Å². The van der Waals surface area contributed by atoms with E-state index in [0.717, 1.165) is 21.9 Å². The molecule has 0 radical (unpaired) electrons. The molecule has 2 nitrogen and oxygen atoms in total. The molecule has 2 atom stereocenters. The molecule has 34 heavy (non-hydrogen) atoms. The first kappa shape index (κ1) is 23.7. The van der Waals surface area contributed by atoms with Crippen LogP contribution in [0, 0.1) is 5.41 Å². The van der Waals surface area contributed by atoms with E-state index in [9.17, 15) is 0 Å². The Labute approximate surface area is 209 Å². The predicted molar refractivity (Wildman–Crippen MR) is 149 cm³/mol. The Bertz CT molecular complexity index is 1130. The summed E-state index contributed by atoms with van der Waals surface area (Å²) in [6.07, 6.45) is 0. The number of para-hydroxylation sites is 2. The number of hydrogen-bond acceptors (Lipinski definition) is 2. The molecule has 0 amide bonds. The molecule has 0 fully saturated rings. The molecule has 0 aliphatic rings. The Hall–Kier alpha value is -3.43. The molecule has 4 aromatic carbocycles. The van der Waals surface area contributed by atoms with Crippen LogP contribution in [0.25, 0.3) is 0 Å². The van der Waals surface area contributed by atoms with Crippen molar-refractivity contribution in [3.05, 3.63) is 132 Å². The number of rotatable bonds is 7. The Morgan fingerprint density at radius 3 is 1.50 bits per heavy atom. The van der Waals surface area contributed by atoms with E-state index in [-0.39, 0.29) is 17.5 Å². The Morgan fingerprint density at radius 2 is 1.06 bits per heavy atom. The van der Waals surface area contributed by atoms with Crippen LogP contribution in [0.4, 0.5) is 11.4 Å². The van der Waals surface area contributed by atoms with Crippen LogP contribution in [0.2, 0.25) is 0 Å². The van der Waals surface area contributed by atoms with E-state index in [0.29, 0.717) is 0 Å². The number of benzene rings is 4. The monoisotopic (exact) mass is 464 g/mol. The molecular weight excluding hydrogens is 432 g/mol. The molecule has 172 valence electrons. The number of nitrogens with one attached hydrogen (secondary N) is 1. The first-order chi connectivity index (χ1) is 16.4. The van der Waals surface area contributed by atoms with Gasteiger partial charge in [0.25, 0.3) is 0 Å². The van der Waals surface area contributed by atoms with Crippen molar-refractivity contribution in [3.63, 3.8) is 0 Å². The van der Waals surface area contributed by atoms with E-state index in [1.165, 1.54) is 5.56 Å². The van der Waals surface area contributed by atoms with Crippen LogP contribution in [0.3, 0.4) is 0 Å². The summed E-state index contributed by atoms with van der Waals surface area (Å²) in [5, 5.41) is 3.77. The third kappa shape index (κ3) is 5.55. The molecule has 0 aliphatic carbocycles. The van der Waals surface area contributed by atoms with Crippen molar-refractivity contribution in [2.24, 2.45) is 5.41 Å². The lowest BCUT2D eigenvalue weighted by atomic mass is 9.78. The first-order valence-corrected chi connectivity index (χ1v) is 12.2. The number of hydrogen-bond donors (Lipinski definition) is 1. The smallest absolute Gasteiger partial charge is 0.107 e. The van der Waals surface area contributed by atoms with Gasteiger partial charge < -0.3 is 10.2 Å². The SMILES string of the molecule is CC(C)(C)C(C(NC(=S)c1ccccc1)c1ccccc1)N(c1ccccc1)c1ccccc1. The molecule has 0 aromatic heterocycles. The van der Waals surface area contributed by atoms with Gasteiger partial charge in [-0.25, -0.2) is 0 Å². The second-order valence-corrected chi connectivity index (χ2v) is 9.99. The van der Waals surface area contributed by atoms with Crippen LogP contribution in [-0.2, 0) is 0 Å². The summed E-state index contributed by atoms with van der Waals surface area (Å²) in [6, 6.07) is 42.1. The van der Waals surface area contributed by atoms with Gasteiger partial charge in [-0.2, -0.15) is 0 Å². The standard InChI is InChI=1S/C31H32N2S/c1-31(2,3)29(33(26-20-12-6-13-21-26)27-22-14-7-15-23-27)28(24-16-8-4-9-17-24)32-30(34)25-18-10-5-11-19-25/h4-23,28-29H,1-3H3,(H,32,34). The molecule has 1 N–H and O–H groups in total. The van der Waals surface area contributed by atoms with Crippen LogP contribution < -0.4 is 10.2 Å². The quantitative estimate of drug-likeness (QED) is 0.279. The van der Waals surface area contributed by atoms with Crippen LogP contribution >= 0.6 is 12.2 Å². The van der Waals surface area contributed by atoms with Gasteiger partial charge in [0, 0.05) is 16.9 Å². The zero-order valence-corrected chi connectivity index (χ0v) is 20.9. The summed E-state index contributed by atoms with van der Waals surface area (Å²) in [5.74, 6) is 0. The topological polar surface area (TPSA) is 15.3 Å². The van der Waals surface area contributed by atoms with Crippen LogP contribution in [0.5, 0.6) is 0 Å². The lowest BCUT2D eigenvalue weighted by molar-refractivity contribution is 0.269. The molecule has 0 saturated heterocycles. The highest BCUT2D eigenvalue weighted by atomic mass is 32.1. The van der Waals surface area contributed by atoms with Gasteiger partial charge in [-0.15, -0.1) is 0 Å². The number of anilines is 2. The fourth-order valence-electron chi connectivity index (χ4n) is 4.50. The van der Waals surface area contributed by atoms with Gasteiger partial charge in [0.05, 0.1) is 12.1 Å². The molecule has 4 aromatic rings. The molecule has 2 unspecified atom stereocenters. The summed E-state index contributed by atoms with van der Waals surface area (Å²) < 4.78 is 0.